The molecule has 0 aliphatic rings. The average molecular weight is 394 g/mol. The number of nitrogens with one attached hydrogen (secondary N) is 2. The predicted molar refractivity (Wildman–Crippen MR) is 113 cm³/mol. The predicted octanol–water partition coefficient (Wildman–Crippen LogP) is 5.14. The van der Waals surface area contributed by atoms with Gasteiger partial charge in [0.1, 0.15) is 5.75 Å². The number of amides is 2. The van der Waals surface area contributed by atoms with Crippen LogP contribution < -0.4 is 15.4 Å². The Morgan fingerprint density at radius 2 is 1.68 bits per heavy atom. The first-order valence-electron chi connectivity index (χ1n) is 8.99. The van der Waals surface area contributed by atoms with E-state index < -0.39 is 0 Å². The number of benzene rings is 2. The Morgan fingerprint density at radius 1 is 0.964 bits per heavy atom. The van der Waals surface area contributed by atoms with Crippen molar-refractivity contribution in [3.8, 4) is 5.75 Å². The summed E-state index contributed by atoms with van der Waals surface area (Å²) in [6.45, 7) is 4.16. The highest BCUT2D eigenvalue weighted by Gasteiger charge is 2.09. The van der Waals surface area contributed by atoms with Crippen LogP contribution in [0.5, 0.6) is 5.75 Å². The van der Waals surface area contributed by atoms with Gasteiger partial charge in [0, 0.05) is 11.4 Å². The van der Waals surface area contributed by atoms with Gasteiger partial charge in [-0.3, -0.25) is 9.59 Å². The highest BCUT2D eigenvalue weighted by atomic mass is 32.1. The van der Waals surface area contributed by atoms with Crippen molar-refractivity contribution in [2.75, 3.05) is 17.2 Å². The van der Waals surface area contributed by atoms with Gasteiger partial charge in [0.25, 0.3) is 11.8 Å². The molecule has 28 heavy (non-hydrogen) atoms. The Kier molecular flexibility index (Phi) is 6.45. The summed E-state index contributed by atoms with van der Waals surface area (Å²) >= 11 is 1.37. The van der Waals surface area contributed by atoms with E-state index in [2.05, 4.69) is 24.5 Å². The summed E-state index contributed by atoms with van der Waals surface area (Å²) in [6, 6.07) is 18.3. The van der Waals surface area contributed by atoms with Crippen molar-refractivity contribution in [2.24, 2.45) is 0 Å². The molecule has 0 atom stereocenters. The second-order valence-corrected chi connectivity index (χ2v) is 7.52. The summed E-state index contributed by atoms with van der Waals surface area (Å²) in [6.07, 6.45) is 0. The van der Waals surface area contributed by atoms with Crippen molar-refractivity contribution in [1.29, 1.82) is 0 Å². The van der Waals surface area contributed by atoms with Gasteiger partial charge in [-0.05, 0) is 53.3 Å². The fraction of sp³-hybridized carbons (Fsp3) is 0.182. The van der Waals surface area contributed by atoms with E-state index in [9.17, 15) is 9.59 Å². The molecule has 6 heteroatoms. The number of rotatable bonds is 7. The molecule has 0 aliphatic carbocycles. The number of hydrogen-bond acceptors (Lipinski definition) is 4. The van der Waals surface area contributed by atoms with Gasteiger partial charge in [0.15, 0.2) is 6.61 Å². The van der Waals surface area contributed by atoms with Gasteiger partial charge in [-0.25, -0.2) is 0 Å². The summed E-state index contributed by atoms with van der Waals surface area (Å²) in [7, 11) is 0. The Labute approximate surface area is 168 Å². The summed E-state index contributed by atoms with van der Waals surface area (Å²) in [5, 5.41) is 7.45. The number of thiophene rings is 1. The standard InChI is InChI=1S/C22H22N2O3S/c1-15(2)16-8-10-19(11-9-16)27-14-21(25)23-17-5-3-6-18(13-17)24-22(26)20-7-4-12-28-20/h3-13,15H,14H2,1-2H3,(H,23,25)(H,24,26). The normalized spacial score (nSPS) is 10.5. The van der Waals surface area contributed by atoms with E-state index in [0.717, 1.165) is 0 Å². The zero-order valence-electron chi connectivity index (χ0n) is 15.8. The second-order valence-electron chi connectivity index (χ2n) is 6.57. The van der Waals surface area contributed by atoms with Crippen LogP contribution in [-0.4, -0.2) is 18.4 Å². The number of carbonyl (C=O) groups is 2. The van der Waals surface area contributed by atoms with Crippen LogP contribution in [0.2, 0.25) is 0 Å². The van der Waals surface area contributed by atoms with Gasteiger partial charge in [-0.1, -0.05) is 38.1 Å². The Balaban J connectivity index is 1.53. The third-order valence-corrected chi connectivity index (χ3v) is 4.93. The quantitative estimate of drug-likeness (QED) is 0.583. The van der Waals surface area contributed by atoms with Crippen molar-refractivity contribution in [3.05, 3.63) is 76.5 Å². The van der Waals surface area contributed by atoms with Crippen LogP contribution in [-0.2, 0) is 4.79 Å². The molecule has 0 spiro atoms. The minimum Gasteiger partial charge on any atom is -0.484 e. The molecule has 0 unspecified atom stereocenters. The maximum Gasteiger partial charge on any atom is 0.265 e. The first kappa shape index (κ1) is 19.6. The lowest BCUT2D eigenvalue weighted by Crippen LogP contribution is -2.20. The number of ether oxygens (including phenoxy) is 1. The van der Waals surface area contributed by atoms with E-state index in [1.54, 1.807) is 30.3 Å². The summed E-state index contributed by atoms with van der Waals surface area (Å²) in [4.78, 5) is 24.9. The Bertz CT molecular complexity index is 935. The number of anilines is 2. The lowest BCUT2D eigenvalue weighted by atomic mass is 10.0. The molecule has 2 aromatic carbocycles. The molecule has 0 saturated heterocycles. The Hall–Kier alpha value is -3.12. The lowest BCUT2D eigenvalue weighted by molar-refractivity contribution is -0.118. The van der Waals surface area contributed by atoms with E-state index in [1.165, 1.54) is 16.9 Å². The molecule has 0 bridgehead atoms. The molecule has 144 valence electrons. The molecular formula is C22H22N2O3S. The molecule has 1 heterocycles. The molecule has 2 amide bonds. The first-order chi connectivity index (χ1) is 13.5. The summed E-state index contributed by atoms with van der Waals surface area (Å²) in [5.74, 6) is 0.655. The second kappa shape index (κ2) is 9.19. The number of hydrogen-bond donors (Lipinski definition) is 2. The van der Waals surface area contributed by atoms with Crippen LogP contribution in [0.25, 0.3) is 0 Å². The van der Waals surface area contributed by atoms with E-state index in [4.69, 9.17) is 4.74 Å². The highest BCUT2D eigenvalue weighted by molar-refractivity contribution is 7.12. The summed E-state index contributed by atoms with van der Waals surface area (Å²) < 4.78 is 5.54. The zero-order chi connectivity index (χ0) is 19.9. The first-order valence-corrected chi connectivity index (χ1v) is 9.87. The van der Waals surface area contributed by atoms with Crippen LogP contribution in [0.15, 0.2) is 66.0 Å². The maximum atomic E-state index is 12.2. The van der Waals surface area contributed by atoms with Crippen LogP contribution in [0.1, 0.15) is 35.0 Å². The van der Waals surface area contributed by atoms with Crippen molar-refractivity contribution in [3.63, 3.8) is 0 Å². The van der Waals surface area contributed by atoms with Gasteiger partial charge >= 0.3 is 0 Å². The SMILES string of the molecule is CC(C)c1ccc(OCC(=O)Nc2cccc(NC(=O)c3cccs3)c2)cc1. The smallest absolute Gasteiger partial charge is 0.265 e. The van der Waals surface area contributed by atoms with Crippen LogP contribution in [0, 0.1) is 0 Å². The van der Waals surface area contributed by atoms with E-state index >= 15 is 0 Å². The third-order valence-electron chi connectivity index (χ3n) is 4.07. The molecule has 2 N–H and O–H groups in total. The molecular weight excluding hydrogens is 372 g/mol. The van der Waals surface area contributed by atoms with E-state index in [0.29, 0.717) is 27.9 Å². The summed E-state index contributed by atoms with van der Waals surface area (Å²) in [5.41, 5.74) is 2.42. The number of carbonyl (C=O) groups excluding carboxylic acids is 2. The van der Waals surface area contributed by atoms with Crippen molar-refractivity contribution in [2.45, 2.75) is 19.8 Å². The van der Waals surface area contributed by atoms with Crippen molar-refractivity contribution in [1.82, 2.24) is 0 Å². The minimum atomic E-state index is -0.269. The fourth-order valence-corrected chi connectivity index (χ4v) is 3.19. The van der Waals surface area contributed by atoms with E-state index in [-0.39, 0.29) is 18.4 Å². The molecule has 1 aromatic heterocycles. The molecule has 0 aliphatic heterocycles. The van der Waals surface area contributed by atoms with Crippen LogP contribution in [0.4, 0.5) is 11.4 Å². The van der Waals surface area contributed by atoms with Gasteiger partial charge in [0.05, 0.1) is 4.88 Å². The molecule has 0 radical (unpaired) electrons. The minimum absolute atomic E-state index is 0.0905. The maximum absolute atomic E-state index is 12.2. The van der Waals surface area contributed by atoms with Crippen LogP contribution >= 0.6 is 11.3 Å². The van der Waals surface area contributed by atoms with Gasteiger partial charge < -0.3 is 15.4 Å². The molecule has 3 rings (SSSR count). The Morgan fingerprint density at radius 3 is 2.32 bits per heavy atom. The monoisotopic (exact) mass is 394 g/mol. The average Bonchev–Trinajstić information content (AvgIpc) is 3.22. The molecule has 0 saturated carbocycles. The highest BCUT2D eigenvalue weighted by Crippen LogP contribution is 2.19. The van der Waals surface area contributed by atoms with E-state index in [1.807, 2.05) is 35.7 Å². The zero-order valence-corrected chi connectivity index (χ0v) is 16.6. The topological polar surface area (TPSA) is 67.4 Å². The van der Waals surface area contributed by atoms with Crippen molar-refractivity contribution < 1.29 is 14.3 Å². The molecule has 3 aromatic rings. The van der Waals surface area contributed by atoms with Gasteiger partial charge in [0.2, 0.25) is 0 Å². The molecule has 0 fully saturated rings. The fourth-order valence-electron chi connectivity index (χ4n) is 2.57. The third kappa shape index (κ3) is 5.44. The lowest BCUT2D eigenvalue weighted by Gasteiger charge is -2.10. The van der Waals surface area contributed by atoms with Gasteiger partial charge in [-0.2, -0.15) is 0 Å². The molecule has 5 nitrogen and oxygen atoms in total. The van der Waals surface area contributed by atoms with Crippen molar-refractivity contribution >= 4 is 34.5 Å². The van der Waals surface area contributed by atoms with Crippen LogP contribution in [0.3, 0.4) is 0 Å². The largest absolute Gasteiger partial charge is 0.484 e. The van der Waals surface area contributed by atoms with Gasteiger partial charge in [-0.15, -0.1) is 11.3 Å².